The first-order chi connectivity index (χ1) is 12.6. The van der Waals surface area contributed by atoms with Gasteiger partial charge in [-0.3, -0.25) is 0 Å². The average Bonchev–Trinajstić information content (AvgIpc) is 3.07. The monoisotopic (exact) mass is 402 g/mol. The molecule has 4 rings (SSSR count). The number of nitrogens with zero attached hydrogens (tertiary/aromatic N) is 1. The zero-order valence-corrected chi connectivity index (χ0v) is 15.7. The summed E-state index contributed by atoms with van der Waals surface area (Å²) in [5, 5.41) is 1.63. The first-order valence-electron chi connectivity index (χ1n) is 7.91. The number of fused-ring (bicyclic) bond motifs is 1. The second kappa shape index (κ2) is 7.20. The normalized spacial score (nSPS) is 11.0. The fourth-order valence-corrected chi connectivity index (χ4v) is 3.18. The molecule has 0 saturated carbocycles. The summed E-state index contributed by atoms with van der Waals surface area (Å²) in [6.45, 7) is 0.353. The predicted octanol–water partition coefficient (Wildman–Crippen LogP) is 6.77. The summed E-state index contributed by atoms with van der Waals surface area (Å²) in [5.41, 5.74) is 3.56. The highest BCUT2D eigenvalue weighted by atomic mass is 35.5. The van der Waals surface area contributed by atoms with E-state index in [0.29, 0.717) is 33.2 Å². The van der Waals surface area contributed by atoms with Gasteiger partial charge >= 0.3 is 0 Å². The van der Waals surface area contributed by atoms with Gasteiger partial charge in [0.15, 0.2) is 0 Å². The van der Waals surface area contributed by atoms with Crippen LogP contribution >= 0.6 is 34.8 Å². The molecule has 130 valence electrons. The van der Waals surface area contributed by atoms with Crippen molar-refractivity contribution in [2.75, 3.05) is 0 Å². The van der Waals surface area contributed by atoms with Crippen LogP contribution in [0.4, 0.5) is 0 Å². The minimum atomic E-state index is 0.353. The first kappa shape index (κ1) is 17.2. The van der Waals surface area contributed by atoms with E-state index in [1.165, 1.54) is 0 Å². The number of para-hydroxylation sites is 2. The maximum atomic E-state index is 6.19. The Hall–Kier alpha value is -2.20. The van der Waals surface area contributed by atoms with Crippen molar-refractivity contribution in [2.45, 2.75) is 6.61 Å². The summed E-state index contributed by atoms with van der Waals surface area (Å²) in [5.74, 6) is 1.39. The molecule has 0 unspecified atom stereocenters. The number of benzene rings is 3. The van der Waals surface area contributed by atoms with E-state index in [4.69, 9.17) is 39.5 Å². The van der Waals surface area contributed by atoms with Crippen LogP contribution in [-0.2, 0) is 6.61 Å². The molecular formula is C20H13Cl3N2O. The van der Waals surface area contributed by atoms with Gasteiger partial charge in [0, 0.05) is 5.02 Å². The van der Waals surface area contributed by atoms with Crippen LogP contribution in [0, 0.1) is 0 Å². The second-order valence-corrected chi connectivity index (χ2v) is 7.03. The molecule has 1 aromatic heterocycles. The van der Waals surface area contributed by atoms with Crippen LogP contribution in [0.1, 0.15) is 5.56 Å². The van der Waals surface area contributed by atoms with Crippen molar-refractivity contribution < 1.29 is 4.74 Å². The Bertz CT molecular complexity index is 1060. The van der Waals surface area contributed by atoms with Gasteiger partial charge in [-0.15, -0.1) is 0 Å². The zero-order chi connectivity index (χ0) is 18.1. The number of aromatic amines is 1. The molecule has 0 aliphatic heterocycles. The van der Waals surface area contributed by atoms with E-state index in [9.17, 15) is 0 Å². The van der Waals surface area contributed by atoms with E-state index in [1.54, 1.807) is 18.2 Å². The molecule has 6 heteroatoms. The number of aromatic nitrogens is 2. The zero-order valence-electron chi connectivity index (χ0n) is 13.5. The third-order valence-corrected chi connectivity index (χ3v) is 4.94. The second-order valence-electron chi connectivity index (χ2n) is 5.78. The molecule has 0 aliphatic carbocycles. The van der Waals surface area contributed by atoms with E-state index in [-0.39, 0.29) is 0 Å². The van der Waals surface area contributed by atoms with Crippen LogP contribution in [0.3, 0.4) is 0 Å². The number of hydrogen-bond donors (Lipinski definition) is 1. The van der Waals surface area contributed by atoms with Gasteiger partial charge in [-0.2, -0.15) is 0 Å². The fraction of sp³-hybridized carbons (Fsp3) is 0.0500. The Labute approximate surface area is 165 Å². The van der Waals surface area contributed by atoms with Crippen LogP contribution in [0.5, 0.6) is 5.75 Å². The van der Waals surface area contributed by atoms with Crippen LogP contribution in [-0.4, -0.2) is 9.97 Å². The van der Waals surface area contributed by atoms with Crippen LogP contribution in [0.2, 0.25) is 15.1 Å². The molecule has 1 N–H and O–H groups in total. The molecule has 4 aromatic rings. The maximum absolute atomic E-state index is 6.19. The molecule has 0 bridgehead atoms. The summed E-state index contributed by atoms with van der Waals surface area (Å²) in [6, 6.07) is 18.7. The number of halogens is 3. The van der Waals surface area contributed by atoms with Gasteiger partial charge in [-0.05, 0) is 48.0 Å². The highest BCUT2D eigenvalue weighted by Gasteiger charge is 2.12. The fourth-order valence-electron chi connectivity index (χ4n) is 2.68. The summed E-state index contributed by atoms with van der Waals surface area (Å²) >= 11 is 18.2. The van der Waals surface area contributed by atoms with Crippen molar-refractivity contribution in [2.24, 2.45) is 0 Å². The van der Waals surface area contributed by atoms with Crippen molar-refractivity contribution in [1.82, 2.24) is 9.97 Å². The van der Waals surface area contributed by atoms with Crippen molar-refractivity contribution >= 4 is 45.8 Å². The first-order valence-corrected chi connectivity index (χ1v) is 9.05. The predicted molar refractivity (Wildman–Crippen MR) is 107 cm³/mol. The van der Waals surface area contributed by atoms with Crippen molar-refractivity contribution in [1.29, 1.82) is 0 Å². The quantitative estimate of drug-likeness (QED) is 0.408. The Morgan fingerprint density at radius 3 is 2.54 bits per heavy atom. The molecule has 3 aromatic carbocycles. The lowest BCUT2D eigenvalue weighted by Gasteiger charge is -2.11. The van der Waals surface area contributed by atoms with Crippen LogP contribution in [0.25, 0.3) is 22.4 Å². The van der Waals surface area contributed by atoms with Crippen molar-refractivity contribution in [3.05, 3.63) is 81.3 Å². The third-order valence-electron chi connectivity index (χ3n) is 3.96. The van der Waals surface area contributed by atoms with Crippen LogP contribution < -0.4 is 4.74 Å². The minimum Gasteiger partial charge on any atom is -0.488 e. The molecule has 0 radical (unpaired) electrons. The largest absolute Gasteiger partial charge is 0.488 e. The van der Waals surface area contributed by atoms with Gasteiger partial charge < -0.3 is 9.72 Å². The molecule has 0 spiro atoms. The molecular weight excluding hydrogens is 391 g/mol. The standard InChI is InChI=1S/C20H13Cl3N2O/c21-13-6-8-19(26-11-12-5-7-15(22)16(23)9-12)14(10-13)20-24-17-3-1-2-4-18(17)25-20/h1-10H,11H2,(H,24,25). The molecule has 1 heterocycles. The lowest BCUT2D eigenvalue weighted by molar-refractivity contribution is 0.307. The van der Waals surface area contributed by atoms with Gasteiger partial charge in [-0.1, -0.05) is 53.0 Å². The van der Waals surface area contributed by atoms with E-state index in [1.807, 2.05) is 42.5 Å². The van der Waals surface area contributed by atoms with E-state index in [2.05, 4.69) is 9.97 Å². The summed E-state index contributed by atoms with van der Waals surface area (Å²) in [4.78, 5) is 7.94. The lowest BCUT2D eigenvalue weighted by Crippen LogP contribution is -1.98. The smallest absolute Gasteiger partial charge is 0.142 e. The maximum Gasteiger partial charge on any atom is 0.142 e. The Kier molecular flexibility index (Phi) is 4.77. The Balaban J connectivity index is 1.67. The van der Waals surface area contributed by atoms with E-state index in [0.717, 1.165) is 22.2 Å². The van der Waals surface area contributed by atoms with Gasteiger partial charge in [0.05, 0.1) is 26.6 Å². The third kappa shape index (κ3) is 3.51. The molecule has 0 amide bonds. The Morgan fingerprint density at radius 2 is 1.73 bits per heavy atom. The summed E-state index contributed by atoms with van der Waals surface area (Å²) < 4.78 is 6.00. The number of imidazole rings is 1. The van der Waals surface area contributed by atoms with Gasteiger partial charge in [-0.25, -0.2) is 4.98 Å². The number of hydrogen-bond acceptors (Lipinski definition) is 2. The number of H-pyrrole nitrogens is 1. The lowest BCUT2D eigenvalue weighted by atomic mass is 10.2. The van der Waals surface area contributed by atoms with Gasteiger partial charge in [0.25, 0.3) is 0 Å². The molecule has 3 nitrogen and oxygen atoms in total. The van der Waals surface area contributed by atoms with Crippen molar-refractivity contribution in [3.63, 3.8) is 0 Å². The van der Waals surface area contributed by atoms with Crippen LogP contribution in [0.15, 0.2) is 60.7 Å². The van der Waals surface area contributed by atoms with Crippen molar-refractivity contribution in [3.8, 4) is 17.1 Å². The molecule has 0 atom stereocenters. The molecule has 0 aliphatic rings. The topological polar surface area (TPSA) is 37.9 Å². The summed E-state index contributed by atoms with van der Waals surface area (Å²) in [7, 11) is 0. The average molecular weight is 404 g/mol. The molecule has 0 fully saturated rings. The highest BCUT2D eigenvalue weighted by molar-refractivity contribution is 6.42. The number of rotatable bonds is 4. The highest BCUT2D eigenvalue weighted by Crippen LogP contribution is 2.33. The molecule has 0 saturated heterocycles. The number of ether oxygens (including phenoxy) is 1. The van der Waals surface area contributed by atoms with E-state index < -0.39 is 0 Å². The van der Waals surface area contributed by atoms with E-state index >= 15 is 0 Å². The summed E-state index contributed by atoms with van der Waals surface area (Å²) in [6.07, 6.45) is 0. The molecule has 26 heavy (non-hydrogen) atoms. The SMILES string of the molecule is Clc1ccc(OCc2ccc(Cl)c(Cl)c2)c(-c2nc3ccccc3[nH]2)c1. The minimum absolute atomic E-state index is 0.353. The number of nitrogens with one attached hydrogen (secondary N) is 1. The Morgan fingerprint density at radius 1 is 0.885 bits per heavy atom. The van der Waals surface area contributed by atoms with Gasteiger partial charge in [0.2, 0.25) is 0 Å². The van der Waals surface area contributed by atoms with Gasteiger partial charge in [0.1, 0.15) is 18.2 Å².